The van der Waals surface area contributed by atoms with Gasteiger partial charge in [0.15, 0.2) is 0 Å². The summed E-state index contributed by atoms with van der Waals surface area (Å²) in [4.78, 5) is 89.7. The van der Waals surface area contributed by atoms with Crippen LogP contribution >= 0.6 is 15.9 Å². The molecule has 1 aromatic carbocycles. The fourth-order valence-electron chi connectivity index (χ4n) is 10.8. The van der Waals surface area contributed by atoms with Gasteiger partial charge in [0.1, 0.15) is 36.0 Å². The molecule has 4 aliphatic rings. The zero-order valence-electron chi connectivity index (χ0n) is 54.8. The van der Waals surface area contributed by atoms with Crippen LogP contribution in [0.25, 0.3) is 0 Å². The predicted molar refractivity (Wildman–Crippen MR) is 345 cm³/mol. The van der Waals surface area contributed by atoms with Crippen LogP contribution in [0.2, 0.25) is 0 Å². The van der Waals surface area contributed by atoms with Crippen molar-refractivity contribution in [3.63, 3.8) is 0 Å². The molecule has 3 aliphatic heterocycles. The number of rotatable bonds is 42. The lowest BCUT2D eigenvalue weighted by Crippen LogP contribution is -2.53. The number of ether oxygens (including phenoxy) is 10. The number of nitrogens with one attached hydrogen (secondary N) is 6. The van der Waals surface area contributed by atoms with E-state index in [1.54, 1.807) is 45.9 Å². The number of halogens is 1. The molecule has 1 aliphatic carbocycles. The second-order valence-corrected chi connectivity index (χ2v) is 24.9. The second kappa shape index (κ2) is 42.3. The summed E-state index contributed by atoms with van der Waals surface area (Å²) in [5.74, 6) is -2.38. The molecule has 0 aromatic heterocycles. The highest BCUT2D eigenvalue weighted by molar-refractivity contribution is 9.09. The fourth-order valence-corrected chi connectivity index (χ4v) is 11.0. The summed E-state index contributed by atoms with van der Waals surface area (Å²) >= 11 is 3.08. The average molecular weight is 1360 g/mol. The lowest BCUT2D eigenvalue weighted by molar-refractivity contribution is -0.151. The molecule has 25 nitrogen and oxygen atoms in total. The van der Waals surface area contributed by atoms with Gasteiger partial charge in [0.05, 0.1) is 128 Å². The van der Waals surface area contributed by atoms with Crippen LogP contribution in [0.3, 0.4) is 0 Å². The summed E-state index contributed by atoms with van der Waals surface area (Å²) in [7, 11) is 0. The van der Waals surface area contributed by atoms with E-state index in [-0.39, 0.29) is 116 Å². The number of carbonyl (C=O) groups excluding carboxylic acids is 7. The maximum Gasteiger partial charge on any atom is 0.306 e. The van der Waals surface area contributed by atoms with Crippen molar-refractivity contribution in [2.75, 3.05) is 103 Å². The molecule has 92 heavy (non-hydrogen) atoms. The molecule has 6 amide bonds. The van der Waals surface area contributed by atoms with Gasteiger partial charge in [-0.05, 0) is 96.1 Å². The maximum absolute atomic E-state index is 13.4. The van der Waals surface area contributed by atoms with Gasteiger partial charge in [0.25, 0.3) is 0 Å². The zero-order valence-corrected chi connectivity index (χ0v) is 56.4. The van der Waals surface area contributed by atoms with E-state index in [0.717, 1.165) is 12.0 Å². The van der Waals surface area contributed by atoms with Gasteiger partial charge >= 0.3 is 5.97 Å². The molecule has 26 heteroatoms. The van der Waals surface area contributed by atoms with Crippen LogP contribution in [0, 0.1) is 11.8 Å². The lowest BCUT2D eigenvalue weighted by atomic mass is 9.87. The zero-order chi connectivity index (χ0) is 66.8. The van der Waals surface area contributed by atoms with Gasteiger partial charge in [-0.15, -0.1) is 0 Å². The van der Waals surface area contributed by atoms with Crippen LogP contribution in [0.4, 0.5) is 5.69 Å². The van der Waals surface area contributed by atoms with Crippen molar-refractivity contribution in [1.82, 2.24) is 26.6 Å². The van der Waals surface area contributed by atoms with Gasteiger partial charge in [0.2, 0.25) is 35.4 Å². The smallest absolute Gasteiger partial charge is 0.306 e. The van der Waals surface area contributed by atoms with Gasteiger partial charge in [-0.2, -0.15) is 0 Å². The monoisotopic (exact) mass is 1360 g/mol. The predicted octanol–water partition coefficient (Wildman–Crippen LogP) is 3.98. The fraction of sp³-hybridized carbons (Fsp3) is 0.712. The highest BCUT2D eigenvalue weighted by Gasteiger charge is 2.58. The van der Waals surface area contributed by atoms with E-state index in [2.05, 4.69) is 60.8 Å². The number of esters is 1. The van der Waals surface area contributed by atoms with Crippen molar-refractivity contribution < 1.29 is 91.1 Å². The van der Waals surface area contributed by atoms with Crippen molar-refractivity contribution in [3.8, 4) is 0 Å². The third-order valence-electron chi connectivity index (χ3n) is 16.2. The molecule has 3 saturated heterocycles. The minimum atomic E-state index is -0.964. The Kier molecular flexibility index (Phi) is 35.6. The number of epoxide rings is 1. The molecule has 0 bridgehead atoms. The molecule has 5 rings (SSSR count). The molecular formula is C66H103BrN6O19. The molecule has 11 atom stereocenters. The standard InChI is InChI=1S/C66H103BrN6O19/c1-43(2)62(73-58(76)24-26-83-28-30-85-32-34-87-36-37-88-35-33-86-31-29-84-27-25-68-60(78)41-67)65(82)69-47(6)64(81)72-53-11-9-8-10-49(53)15-23-61(79)92-51-18-16-50(17-19-51)70-59(77)39-52-40-66(42-89-66)63(80)56(91-52)21-13-44(3)12-20-55-45(4)38-54(48(7)90-55)71-57(75)22-14-46(5)74/h8-14,21-22,43,45-48,50-52,54-56,62-63,74,80H,15-20,23-42H2,1-7H3,(H,68,78)(H,69,82)(H,70,77)(H,71,75)(H,72,81)(H,73,76)/t45-,46-,47-,48+,50?,51?,52+,54+,55-,56+,62-,63+,66+/m0/s1. The van der Waals surface area contributed by atoms with Gasteiger partial charge in [-0.25, -0.2) is 0 Å². The summed E-state index contributed by atoms with van der Waals surface area (Å²) in [6, 6.07) is 4.98. The Balaban J connectivity index is 0.907. The SMILES string of the molecule is CC(C=C[C@H]1O[C@H](CC(=O)NC2CCC(OC(=O)CCc3ccccc3NC(=O)[C@H](C)NC(=O)[C@@H](NC(=O)CCOCCOCCOCCOCCOCCOCCNC(=O)CBr)C(C)C)CC2)C[C@@]2(CO2)[C@@H]1O)=CC[C@@H]1O[C@H](C)[C@H](NC(=O)C=C[C@H](C)O)C[C@@H]1C. The number of para-hydroxylation sites is 1. The Morgan fingerprint density at radius 2 is 1.37 bits per heavy atom. The number of aryl methyl sites for hydroxylation is 1. The van der Waals surface area contributed by atoms with E-state index < -0.39 is 53.9 Å². The first-order chi connectivity index (χ1) is 44.1. The van der Waals surface area contributed by atoms with Crippen molar-refractivity contribution in [1.29, 1.82) is 0 Å². The number of aliphatic hydroxyl groups excluding tert-OH is 2. The number of hydrogen-bond donors (Lipinski definition) is 8. The number of aliphatic hydroxyl groups is 2. The maximum atomic E-state index is 13.4. The summed E-state index contributed by atoms with van der Waals surface area (Å²) in [6.45, 7) is 17.9. The molecule has 4 fully saturated rings. The van der Waals surface area contributed by atoms with E-state index in [1.807, 2.05) is 32.1 Å². The Labute approximate surface area is 550 Å². The first-order valence-electron chi connectivity index (χ1n) is 32.6. The summed E-state index contributed by atoms with van der Waals surface area (Å²) in [5, 5.41) is 38.1. The normalized spacial score (nSPS) is 25.0. The third-order valence-corrected chi connectivity index (χ3v) is 16.8. The number of amides is 6. The molecular weight excluding hydrogens is 1260 g/mol. The van der Waals surface area contributed by atoms with Crippen LogP contribution in [-0.2, 0) is 87.4 Å². The molecule has 1 aromatic rings. The van der Waals surface area contributed by atoms with Gasteiger partial charge in [-0.3, -0.25) is 33.6 Å². The Morgan fingerprint density at radius 3 is 1.98 bits per heavy atom. The molecule has 1 spiro atoms. The molecule has 3 heterocycles. The highest BCUT2D eigenvalue weighted by atomic mass is 79.9. The summed E-state index contributed by atoms with van der Waals surface area (Å²) < 4.78 is 57.1. The first-order valence-corrected chi connectivity index (χ1v) is 33.7. The average Bonchev–Trinajstić information content (AvgIpc) is 1.61. The number of carbonyl (C=O) groups is 7. The number of benzene rings is 1. The van der Waals surface area contributed by atoms with Crippen LogP contribution in [0.1, 0.15) is 118 Å². The summed E-state index contributed by atoms with van der Waals surface area (Å²) in [6.07, 6.45) is 9.99. The van der Waals surface area contributed by atoms with Crippen molar-refractivity contribution in [2.24, 2.45) is 11.8 Å². The molecule has 1 saturated carbocycles. The van der Waals surface area contributed by atoms with E-state index in [0.29, 0.717) is 129 Å². The van der Waals surface area contributed by atoms with Gasteiger partial charge < -0.3 is 89.5 Å². The molecule has 8 N–H and O–H groups in total. The minimum absolute atomic E-state index is 0.0148. The topological polar surface area (TPSA) is 328 Å². The van der Waals surface area contributed by atoms with Crippen LogP contribution < -0.4 is 31.9 Å². The van der Waals surface area contributed by atoms with Crippen molar-refractivity contribution in [3.05, 3.63) is 65.8 Å². The largest absolute Gasteiger partial charge is 0.462 e. The Bertz CT molecular complexity index is 2530. The van der Waals surface area contributed by atoms with E-state index in [9.17, 15) is 43.8 Å². The van der Waals surface area contributed by atoms with Crippen LogP contribution in [0.5, 0.6) is 0 Å². The number of anilines is 1. The highest BCUT2D eigenvalue weighted by Crippen LogP contribution is 2.43. The number of hydrogen-bond acceptors (Lipinski definition) is 19. The van der Waals surface area contributed by atoms with Crippen molar-refractivity contribution in [2.45, 2.75) is 192 Å². The summed E-state index contributed by atoms with van der Waals surface area (Å²) in [5.41, 5.74) is 1.40. The number of alkyl halides is 1. The second-order valence-electron chi connectivity index (χ2n) is 24.4. The Hall–Kier alpha value is -5.23. The minimum Gasteiger partial charge on any atom is -0.462 e. The quantitative estimate of drug-likeness (QED) is 0.0115. The lowest BCUT2D eigenvalue weighted by Gasteiger charge is -2.39. The number of allylic oxidation sites excluding steroid dienone is 2. The van der Waals surface area contributed by atoms with E-state index in [4.69, 9.17) is 47.4 Å². The van der Waals surface area contributed by atoms with Gasteiger partial charge in [-0.1, -0.05) is 84.8 Å². The molecule has 0 unspecified atom stereocenters. The van der Waals surface area contributed by atoms with Gasteiger partial charge in [0, 0.05) is 43.6 Å². The Morgan fingerprint density at radius 1 is 0.750 bits per heavy atom. The van der Waals surface area contributed by atoms with E-state index >= 15 is 0 Å². The van der Waals surface area contributed by atoms with Crippen LogP contribution in [-0.4, -0.2) is 222 Å². The van der Waals surface area contributed by atoms with Crippen molar-refractivity contribution >= 4 is 63.0 Å². The molecule has 518 valence electrons. The van der Waals surface area contributed by atoms with E-state index in [1.165, 1.54) is 12.2 Å². The third kappa shape index (κ3) is 29.6. The molecule has 0 radical (unpaired) electrons. The first kappa shape index (κ1) is 77.5. The van der Waals surface area contributed by atoms with Crippen LogP contribution in [0.15, 0.2) is 60.2 Å².